The molecule has 1 atom stereocenters. The van der Waals surface area contributed by atoms with Gasteiger partial charge in [-0.25, -0.2) is 0 Å². The summed E-state index contributed by atoms with van der Waals surface area (Å²) in [5.74, 6) is 1.59. The van der Waals surface area contributed by atoms with Gasteiger partial charge in [-0.2, -0.15) is 0 Å². The van der Waals surface area contributed by atoms with Gasteiger partial charge in [0.1, 0.15) is 0 Å². The monoisotopic (exact) mass is 474 g/mol. The number of aliphatic imine (C=N–C) groups is 1. The lowest BCUT2D eigenvalue weighted by Gasteiger charge is -2.18. The third kappa shape index (κ3) is 9.40. The van der Waals surface area contributed by atoms with E-state index in [2.05, 4.69) is 36.4 Å². The van der Waals surface area contributed by atoms with E-state index >= 15 is 0 Å². The molecule has 0 spiro atoms. The molecule has 0 saturated heterocycles. The van der Waals surface area contributed by atoms with Crippen molar-refractivity contribution in [2.24, 2.45) is 10.9 Å². The van der Waals surface area contributed by atoms with E-state index in [4.69, 9.17) is 0 Å². The molecule has 2 N–H and O–H groups in total. The Balaban J connectivity index is 0.00000625. The smallest absolute Gasteiger partial charge is 0.253 e. The van der Waals surface area contributed by atoms with Crippen molar-refractivity contribution in [3.05, 3.63) is 35.4 Å². The summed E-state index contributed by atoms with van der Waals surface area (Å²) in [7, 11) is 5.31. The Morgan fingerprint density at radius 2 is 1.73 bits per heavy atom. The number of guanidine groups is 1. The van der Waals surface area contributed by atoms with Gasteiger partial charge in [0, 0.05) is 39.3 Å². The molecule has 1 rings (SSSR count). The van der Waals surface area contributed by atoms with Crippen LogP contribution in [0.1, 0.15) is 56.0 Å². The lowest BCUT2D eigenvalue weighted by Crippen LogP contribution is -2.41. The number of rotatable bonds is 8. The number of halogens is 1. The van der Waals surface area contributed by atoms with Crippen molar-refractivity contribution >= 4 is 35.8 Å². The fraction of sp³-hybridized carbons (Fsp3) is 0.600. The van der Waals surface area contributed by atoms with Crippen molar-refractivity contribution in [1.29, 1.82) is 0 Å². The van der Waals surface area contributed by atoms with Crippen LogP contribution in [0.5, 0.6) is 0 Å². The van der Waals surface area contributed by atoms with E-state index in [9.17, 15) is 4.79 Å². The highest BCUT2D eigenvalue weighted by atomic mass is 127. The molecule has 1 unspecified atom stereocenters. The van der Waals surface area contributed by atoms with E-state index in [1.807, 2.05) is 24.3 Å². The molecule has 0 fully saturated rings. The summed E-state index contributed by atoms with van der Waals surface area (Å²) in [6.45, 7) is 7.38. The average Bonchev–Trinajstić information content (AvgIpc) is 2.57. The highest BCUT2D eigenvalue weighted by molar-refractivity contribution is 14.0. The summed E-state index contributed by atoms with van der Waals surface area (Å²) < 4.78 is 0. The zero-order chi connectivity index (χ0) is 18.8. The highest BCUT2D eigenvalue weighted by Gasteiger charge is 2.08. The quantitative estimate of drug-likeness (QED) is 0.342. The second-order valence-corrected chi connectivity index (χ2v) is 7.19. The Labute approximate surface area is 176 Å². The second-order valence-electron chi connectivity index (χ2n) is 7.19. The maximum atomic E-state index is 11.9. The number of hydrogen-bond donors (Lipinski definition) is 2. The molecular weight excluding hydrogens is 439 g/mol. The van der Waals surface area contributed by atoms with Crippen molar-refractivity contribution in [2.45, 2.75) is 52.6 Å². The predicted molar refractivity (Wildman–Crippen MR) is 121 cm³/mol. The molecule has 5 nitrogen and oxygen atoms in total. The molecule has 0 aromatic heterocycles. The van der Waals surface area contributed by atoms with Crippen LogP contribution in [0.3, 0.4) is 0 Å². The van der Waals surface area contributed by atoms with Crippen molar-refractivity contribution in [3.8, 4) is 0 Å². The zero-order valence-corrected chi connectivity index (χ0v) is 19.3. The molecule has 26 heavy (non-hydrogen) atoms. The second kappa shape index (κ2) is 12.9. The minimum atomic E-state index is 0. The van der Waals surface area contributed by atoms with Gasteiger partial charge in [-0.05, 0) is 37.0 Å². The van der Waals surface area contributed by atoms with E-state index < -0.39 is 0 Å². The van der Waals surface area contributed by atoms with Crippen LogP contribution in [0.15, 0.2) is 29.3 Å². The molecular formula is C20H35IN4O. The van der Waals surface area contributed by atoms with Gasteiger partial charge in [-0.1, -0.05) is 38.8 Å². The molecule has 0 aliphatic heterocycles. The first-order chi connectivity index (χ1) is 11.8. The Morgan fingerprint density at radius 1 is 1.12 bits per heavy atom. The maximum Gasteiger partial charge on any atom is 0.253 e. The highest BCUT2D eigenvalue weighted by Crippen LogP contribution is 2.08. The van der Waals surface area contributed by atoms with Gasteiger partial charge >= 0.3 is 0 Å². The molecule has 6 heteroatoms. The van der Waals surface area contributed by atoms with Crippen LogP contribution in [-0.2, 0) is 6.54 Å². The standard InChI is InChI=1S/C20H34N4O.HI/c1-15(2)8-7-9-16(3)23-20(21-4)22-14-17-10-12-18(13-11-17)19(25)24(5)6;/h10-13,15-16H,7-9,14H2,1-6H3,(H2,21,22,23);1H. The SMILES string of the molecule is CN=C(NCc1ccc(C(=O)N(C)C)cc1)NC(C)CCCC(C)C.I. The number of benzene rings is 1. The minimum absolute atomic E-state index is 0. The molecule has 1 aromatic carbocycles. The van der Waals surface area contributed by atoms with E-state index in [1.165, 1.54) is 12.8 Å². The number of hydrogen-bond acceptors (Lipinski definition) is 2. The van der Waals surface area contributed by atoms with Gasteiger partial charge in [0.25, 0.3) is 5.91 Å². The van der Waals surface area contributed by atoms with E-state index in [0.29, 0.717) is 18.2 Å². The van der Waals surface area contributed by atoms with Crippen molar-refractivity contribution < 1.29 is 4.79 Å². The lowest BCUT2D eigenvalue weighted by molar-refractivity contribution is 0.0827. The van der Waals surface area contributed by atoms with Crippen LogP contribution >= 0.6 is 24.0 Å². The molecule has 0 radical (unpaired) electrons. The molecule has 1 aromatic rings. The van der Waals surface area contributed by atoms with Crippen LogP contribution in [-0.4, -0.2) is 44.0 Å². The Kier molecular flexibility index (Phi) is 12.3. The van der Waals surface area contributed by atoms with Gasteiger partial charge in [-0.15, -0.1) is 24.0 Å². The van der Waals surface area contributed by atoms with Crippen LogP contribution in [0.2, 0.25) is 0 Å². The van der Waals surface area contributed by atoms with Gasteiger partial charge in [0.2, 0.25) is 0 Å². The third-order valence-corrected chi connectivity index (χ3v) is 4.09. The molecule has 0 saturated carbocycles. The first-order valence-electron chi connectivity index (χ1n) is 9.11. The van der Waals surface area contributed by atoms with Gasteiger partial charge in [-0.3, -0.25) is 9.79 Å². The van der Waals surface area contributed by atoms with Gasteiger partial charge in [0.05, 0.1) is 0 Å². The Bertz CT molecular complexity index is 555. The van der Waals surface area contributed by atoms with E-state index in [1.54, 1.807) is 26.0 Å². The Morgan fingerprint density at radius 3 is 2.23 bits per heavy atom. The molecule has 1 amide bonds. The first kappa shape index (κ1) is 24.7. The summed E-state index contributed by atoms with van der Waals surface area (Å²) in [5, 5.41) is 6.76. The third-order valence-electron chi connectivity index (χ3n) is 4.09. The zero-order valence-electron chi connectivity index (χ0n) is 17.0. The number of nitrogens with one attached hydrogen (secondary N) is 2. The van der Waals surface area contributed by atoms with Gasteiger partial charge < -0.3 is 15.5 Å². The van der Waals surface area contributed by atoms with Crippen molar-refractivity contribution in [2.75, 3.05) is 21.1 Å². The fourth-order valence-electron chi connectivity index (χ4n) is 2.54. The normalized spacial score (nSPS) is 12.3. The number of nitrogens with zero attached hydrogens (tertiary/aromatic N) is 2. The molecule has 148 valence electrons. The van der Waals surface area contributed by atoms with Crippen LogP contribution in [0.4, 0.5) is 0 Å². The summed E-state index contributed by atoms with van der Waals surface area (Å²) in [6.07, 6.45) is 3.63. The molecule has 0 aliphatic rings. The van der Waals surface area contributed by atoms with Crippen LogP contribution in [0, 0.1) is 5.92 Å². The topological polar surface area (TPSA) is 56.7 Å². The average molecular weight is 474 g/mol. The van der Waals surface area contributed by atoms with Crippen molar-refractivity contribution in [1.82, 2.24) is 15.5 Å². The summed E-state index contributed by atoms with van der Waals surface area (Å²) >= 11 is 0. The van der Waals surface area contributed by atoms with Crippen LogP contribution in [0.25, 0.3) is 0 Å². The fourth-order valence-corrected chi connectivity index (χ4v) is 2.54. The first-order valence-corrected chi connectivity index (χ1v) is 9.11. The van der Waals surface area contributed by atoms with Crippen molar-refractivity contribution in [3.63, 3.8) is 0 Å². The largest absolute Gasteiger partial charge is 0.354 e. The molecule has 0 aliphatic carbocycles. The summed E-state index contributed by atoms with van der Waals surface area (Å²) in [6, 6.07) is 8.07. The maximum absolute atomic E-state index is 11.9. The van der Waals surface area contributed by atoms with Gasteiger partial charge in [0.15, 0.2) is 5.96 Å². The number of amides is 1. The minimum Gasteiger partial charge on any atom is -0.354 e. The van der Waals surface area contributed by atoms with Crippen LogP contribution < -0.4 is 10.6 Å². The van der Waals surface area contributed by atoms with E-state index in [-0.39, 0.29) is 29.9 Å². The number of carbonyl (C=O) groups excluding carboxylic acids is 1. The Hall–Kier alpha value is -1.31. The predicted octanol–water partition coefficient (Wildman–Crippen LogP) is 3.89. The molecule has 0 heterocycles. The summed E-state index contributed by atoms with van der Waals surface area (Å²) in [5.41, 5.74) is 1.82. The number of carbonyl (C=O) groups is 1. The molecule has 0 bridgehead atoms. The van der Waals surface area contributed by atoms with E-state index in [0.717, 1.165) is 23.9 Å². The summed E-state index contributed by atoms with van der Waals surface area (Å²) in [4.78, 5) is 17.8. The lowest BCUT2D eigenvalue weighted by atomic mass is 10.0.